The van der Waals surface area contributed by atoms with Crippen LogP contribution in [0.5, 0.6) is 11.5 Å². The van der Waals surface area contributed by atoms with Gasteiger partial charge in [0.25, 0.3) is 0 Å². The van der Waals surface area contributed by atoms with E-state index in [9.17, 15) is 0 Å². The number of ether oxygens (including phenoxy) is 1. The summed E-state index contributed by atoms with van der Waals surface area (Å²) in [4.78, 5) is 0. The fraction of sp³-hybridized carbons (Fsp3) is 0.0270. The third-order valence-electron chi connectivity index (χ3n) is 7.09. The molecule has 0 amide bonds. The minimum atomic E-state index is -0.612. The van der Waals surface area contributed by atoms with Crippen LogP contribution < -0.4 is 4.74 Å². The van der Waals surface area contributed by atoms with E-state index in [1.54, 1.807) is 0 Å². The van der Waals surface area contributed by atoms with Crippen LogP contribution >= 0.6 is 0 Å². The second-order valence-corrected chi connectivity index (χ2v) is 9.31. The summed E-state index contributed by atoms with van der Waals surface area (Å²) >= 11 is 0. The standard InChI is InChI=1S/C37H28O/c1-6-17-29(18-7-1)34-27-16-28-35(36(34)38-33-25-14-5-15-26-33)37(30-19-8-2-9-20-30,31-21-10-3-11-22-31)32-23-12-4-13-24-32/h1-28H. The summed E-state index contributed by atoms with van der Waals surface area (Å²) in [5, 5.41) is 0. The smallest absolute Gasteiger partial charge is 0.140 e. The first kappa shape index (κ1) is 23.5. The Morgan fingerprint density at radius 2 is 0.789 bits per heavy atom. The van der Waals surface area contributed by atoms with Crippen molar-refractivity contribution in [2.24, 2.45) is 0 Å². The summed E-state index contributed by atoms with van der Waals surface area (Å²) in [7, 11) is 0. The molecule has 0 N–H and O–H groups in total. The summed E-state index contributed by atoms with van der Waals surface area (Å²) in [6, 6.07) is 59.4. The van der Waals surface area contributed by atoms with Gasteiger partial charge in [-0.3, -0.25) is 0 Å². The van der Waals surface area contributed by atoms with Gasteiger partial charge in [0.1, 0.15) is 11.5 Å². The minimum Gasteiger partial charge on any atom is -0.456 e. The van der Waals surface area contributed by atoms with E-state index in [0.717, 1.165) is 28.2 Å². The van der Waals surface area contributed by atoms with E-state index in [-0.39, 0.29) is 0 Å². The van der Waals surface area contributed by atoms with Crippen molar-refractivity contribution >= 4 is 0 Å². The van der Waals surface area contributed by atoms with Gasteiger partial charge in [-0.1, -0.05) is 158 Å². The molecule has 1 nitrogen and oxygen atoms in total. The summed E-state index contributed by atoms with van der Waals surface area (Å²) in [5.41, 5.74) is 6.19. The van der Waals surface area contributed by atoms with Gasteiger partial charge in [-0.05, 0) is 34.4 Å². The van der Waals surface area contributed by atoms with E-state index >= 15 is 0 Å². The molecule has 1 heteroatoms. The fourth-order valence-corrected chi connectivity index (χ4v) is 5.42. The van der Waals surface area contributed by atoms with Crippen molar-refractivity contribution in [3.63, 3.8) is 0 Å². The maximum Gasteiger partial charge on any atom is 0.140 e. The number of para-hydroxylation sites is 2. The quantitative estimate of drug-likeness (QED) is 0.203. The van der Waals surface area contributed by atoms with Crippen LogP contribution in [0.2, 0.25) is 0 Å². The van der Waals surface area contributed by atoms with Crippen LogP contribution in [0.15, 0.2) is 170 Å². The highest BCUT2D eigenvalue weighted by Crippen LogP contribution is 2.51. The van der Waals surface area contributed by atoms with E-state index in [2.05, 4.69) is 133 Å². The molecule has 0 aromatic heterocycles. The minimum absolute atomic E-state index is 0.612. The molecule has 0 spiro atoms. The average Bonchev–Trinajstić information content (AvgIpc) is 3.01. The van der Waals surface area contributed by atoms with Gasteiger partial charge in [-0.15, -0.1) is 0 Å². The predicted molar refractivity (Wildman–Crippen MR) is 157 cm³/mol. The molecule has 0 radical (unpaired) electrons. The van der Waals surface area contributed by atoms with Crippen LogP contribution in [0.4, 0.5) is 0 Å². The molecule has 0 saturated heterocycles. The first-order valence-corrected chi connectivity index (χ1v) is 13.0. The SMILES string of the molecule is c1ccc(Oc2c(-c3ccccc3)cccc2C(c2ccccc2)(c2ccccc2)c2ccccc2)cc1. The number of hydrogen-bond acceptors (Lipinski definition) is 1. The monoisotopic (exact) mass is 488 g/mol. The molecular weight excluding hydrogens is 460 g/mol. The second-order valence-electron chi connectivity index (χ2n) is 9.31. The lowest BCUT2D eigenvalue weighted by atomic mass is 9.64. The maximum atomic E-state index is 6.87. The van der Waals surface area contributed by atoms with Crippen molar-refractivity contribution in [1.29, 1.82) is 0 Å². The number of rotatable bonds is 7. The van der Waals surface area contributed by atoms with Crippen LogP contribution in [-0.2, 0) is 5.41 Å². The average molecular weight is 489 g/mol. The molecule has 6 rings (SSSR count). The van der Waals surface area contributed by atoms with Crippen molar-refractivity contribution in [2.75, 3.05) is 0 Å². The molecule has 0 fully saturated rings. The van der Waals surface area contributed by atoms with Crippen molar-refractivity contribution in [3.8, 4) is 22.6 Å². The summed E-state index contributed by atoms with van der Waals surface area (Å²) in [5.74, 6) is 1.65. The van der Waals surface area contributed by atoms with Crippen LogP contribution in [0.1, 0.15) is 22.3 Å². The molecule has 6 aromatic carbocycles. The molecule has 0 unspecified atom stereocenters. The Hall–Kier alpha value is -4.88. The molecule has 0 aliphatic heterocycles. The van der Waals surface area contributed by atoms with E-state index in [0.29, 0.717) is 0 Å². The van der Waals surface area contributed by atoms with Gasteiger partial charge < -0.3 is 4.74 Å². The lowest BCUT2D eigenvalue weighted by molar-refractivity contribution is 0.471. The van der Waals surface area contributed by atoms with E-state index in [4.69, 9.17) is 4.74 Å². The number of hydrogen-bond donors (Lipinski definition) is 0. The van der Waals surface area contributed by atoms with E-state index in [1.807, 2.05) is 36.4 Å². The van der Waals surface area contributed by atoms with Gasteiger partial charge in [-0.2, -0.15) is 0 Å². The molecule has 6 aromatic rings. The lowest BCUT2D eigenvalue weighted by Gasteiger charge is -2.38. The van der Waals surface area contributed by atoms with Gasteiger partial charge in [0.05, 0.1) is 5.41 Å². The molecule has 0 aliphatic carbocycles. The third-order valence-corrected chi connectivity index (χ3v) is 7.09. The zero-order chi connectivity index (χ0) is 25.6. The van der Waals surface area contributed by atoms with Crippen molar-refractivity contribution in [1.82, 2.24) is 0 Å². The second kappa shape index (κ2) is 10.6. The van der Waals surface area contributed by atoms with Crippen molar-refractivity contribution < 1.29 is 4.74 Å². The molecular formula is C37H28O. The largest absolute Gasteiger partial charge is 0.456 e. The Bertz CT molecular complexity index is 1500. The molecule has 0 atom stereocenters. The Labute approximate surface area is 224 Å². The molecule has 38 heavy (non-hydrogen) atoms. The first-order chi connectivity index (χ1) is 18.9. The van der Waals surface area contributed by atoms with Gasteiger partial charge in [0, 0.05) is 11.1 Å². The summed E-state index contributed by atoms with van der Waals surface area (Å²) in [6.45, 7) is 0. The molecule has 0 saturated carbocycles. The van der Waals surface area contributed by atoms with Gasteiger partial charge in [-0.25, -0.2) is 0 Å². The van der Waals surface area contributed by atoms with Crippen LogP contribution in [0, 0.1) is 0 Å². The highest BCUT2D eigenvalue weighted by Gasteiger charge is 2.41. The first-order valence-electron chi connectivity index (χ1n) is 13.0. The Balaban J connectivity index is 1.75. The van der Waals surface area contributed by atoms with Crippen LogP contribution in [-0.4, -0.2) is 0 Å². The molecule has 0 aliphatic rings. The highest BCUT2D eigenvalue weighted by atomic mass is 16.5. The fourth-order valence-electron chi connectivity index (χ4n) is 5.42. The highest BCUT2D eigenvalue weighted by molar-refractivity contribution is 5.76. The van der Waals surface area contributed by atoms with E-state index in [1.165, 1.54) is 16.7 Å². The van der Waals surface area contributed by atoms with E-state index < -0.39 is 5.41 Å². The van der Waals surface area contributed by atoms with Gasteiger partial charge in [0.15, 0.2) is 0 Å². The molecule has 182 valence electrons. The topological polar surface area (TPSA) is 9.23 Å². The zero-order valence-corrected chi connectivity index (χ0v) is 21.1. The Kier molecular flexibility index (Phi) is 6.57. The van der Waals surface area contributed by atoms with Crippen molar-refractivity contribution in [3.05, 3.63) is 192 Å². The van der Waals surface area contributed by atoms with Gasteiger partial charge >= 0.3 is 0 Å². The zero-order valence-electron chi connectivity index (χ0n) is 21.1. The van der Waals surface area contributed by atoms with Crippen molar-refractivity contribution in [2.45, 2.75) is 5.41 Å². The third kappa shape index (κ3) is 4.29. The normalized spacial score (nSPS) is 11.2. The van der Waals surface area contributed by atoms with Gasteiger partial charge in [0.2, 0.25) is 0 Å². The Morgan fingerprint density at radius 3 is 1.26 bits per heavy atom. The number of benzene rings is 6. The Morgan fingerprint density at radius 1 is 0.368 bits per heavy atom. The molecule has 0 bridgehead atoms. The summed E-state index contributed by atoms with van der Waals surface area (Å²) < 4.78 is 6.87. The summed E-state index contributed by atoms with van der Waals surface area (Å²) in [6.07, 6.45) is 0. The predicted octanol–water partition coefficient (Wildman–Crippen LogP) is 9.53. The molecule has 0 heterocycles. The lowest BCUT2D eigenvalue weighted by Crippen LogP contribution is -2.31. The van der Waals surface area contributed by atoms with Crippen LogP contribution in [0.25, 0.3) is 11.1 Å². The van der Waals surface area contributed by atoms with Crippen LogP contribution in [0.3, 0.4) is 0 Å². The maximum absolute atomic E-state index is 6.87.